The van der Waals surface area contributed by atoms with Crippen molar-refractivity contribution in [2.45, 2.75) is 6.92 Å². The van der Waals surface area contributed by atoms with Gasteiger partial charge < -0.3 is 0 Å². The molecule has 2 aromatic rings. The molecule has 0 N–H and O–H groups in total. The SMILES string of the molecule is Cc1ccc(C=C2C=Nc3ccccc32)s1. The number of thiophene rings is 1. The lowest BCUT2D eigenvalue weighted by Crippen LogP contribution is -1.77. The van der Waals surface area contributed by atoms with Crippen LogP contribution in [0.1, 0.15) is 15.3 Å². The zero-order chi connectivity index (χ0) is 11.0. The average Bonchev–Trinajstić information content (AvgIpc) is 2.87. The van der Waals surface area contributed by atoms with E-state index in [0.29, 0.717) is 0 Å². The van der Waals surface area contributed by atoms with Crippen LogP contribution in [0.25, 0.3) is 11.6 Å². The molecule has 0 unspecified atom stereocenters. The third-order valence-corrected chi connectivity index (χ3v) is 3.56. The van der Waals surface area contributed by atoms with E-state index in [-0.39, 0.29) is 0 Å². The predicted molar refractivity (Wildman–Crippen MR) is 71.5 cm³/mol. The number of para-hydroxylation sites is 1. The molecule has 78 valence electrons. The molecule has 1 aliphatic heterocycles. The number of fused-ring (bicyclic) bond motifs is 1. The summed E-state index contributed by atoms with van der Waals surface area (Å²) in [5, 5.41) is 0. The Balaban J connectivity index is 2.05. The molecule has 0 radical (unpaired) electrons. The molecule has 0 amide bonds. The fourth-order valence-electron chi connectivity index (χ4n) is 1.84. The van der Waals surface area contributed by atoms with Crippen molar-refractivity contribution in [3.8, 4) is 0 Å². The molecule has 0 saturated heterocycles. The Morgan fingerprint density at radius 1 is 1.12 bits per heavy atom. The summed E-state index contributed by atoms with van der Waals surface area (Å²) >= 11 is 1.81. The van der Waals surface area contributed by atoms with Crippen LogP contribution in [0.2, 0.25) is 0 Å². The lowest BCUT2D eigenvalue weighted by molar-refractivity contribution is 1.55. The molecule has 0 spiro atoms. The van der Waals surface area contributed by atoms with E-state index < -0.39 is 0 Å². The van der Waals surface area contributed by atoms with Gasteiger partial charge in [0.25, 0.3) is 0 Å². The topological polar surface area (TPSA) is 12.4 Å². The van der Waals surface area contributed by atoms with Crippen LogP contribution in [0.4, 0.5) is 5.69 Å². The van der Waals surface area contributed by atoms with Crippen molar-refractivity contribution in [2.75, 3.05) is 0 Å². The average molecular weight is 225 g/mol. The highest BCUT2D eigenvalue weighted by Crippen LogP contribution is 2.33. The minimum atomic E-state index is 1.07. The summed E-state index contributed by atoms with van der Waals surface area (Å²) in [6, 6.07) is 12.5. The Bertz CT molecular complexity index is 590. The van der Waals surface area contributed by atoms with Crippen LogP contribution in [-0.4, -0.2) is 6.21 Å². The molecular weight excluding hydrogens is 214 g/mol. The first-order valence-electron chi connectivity index (χ1n) is 5.24. The van der Waals surface area contributed by atoms with Crippen LogP contribution >= 0.6 is 11.3 Å². The van der Waals surface area contributed by atoms with E-state index in [4.69, 9.17) is 0 Å². The van der Waals surface area contributed by atoms with Gasteiger partial charge in [0, 0.05) is 27.1 Å². The molecule has 1 aromatic heterocycles. The zero-order valence-electron chi connectivity index (χ0n) is 8.97. The third-order valence-electron chi connectivity index (χ3n) is 2.62. The Morgan fingerprint density at radius 3 is 2.81 bits per heavy atom. The lowest BCUT2D eigenvalue weighted by Gasteiger charge is -1.97. The fraction of sp³-hybridized carbons (Fsp3) is 0.0714. The first-order valence-corrected chi connectivity index (χ1v) is 6.06. The van der Waals surface area contributed by atoms with Crippen molar-refractivity contribution in [1.82, 2.24) is 0 Å². The molecule has 2 heteroatoms. The fourth-order valence-corrected chi connectivity index (χ4v) is 2.67. The minimum Gasteiger partial charge on any atom is -0.256 e. The lowest BCUT2D eigenvalue weighted by atomic mass is 10.1. The smallest absolute Gasteiger partial charge is 0.0708 e. The maximum absolute atomic E-state index is 4.40. The summed E-state index contributed by atoms with van der Waals surface area (Å²) in [7, 11) is 0. The van der Waals surface area contributed by atoms with Crippen LogP contribution in [0, 0.1) is 6.92 Å². The van der Waals surface area contributed by atoms with Crippen molar-refractivity contribution in [2.24, 2.45) is 4.99 Å². The maximum atomic E-state index is 4.40. The summed E-state index contributed by atoms with van der Waals surface area (Å²) < 4.78 is 0. The summed E-state index contributed by atoms with van der Waals surface area (Å²) in [6.45, 7) is 2.13. The molecule has 1 aromatic carbocycles. The molecule has 0 fully saturated rings. The number of hydrogen-bond donors (Lipinski definition) is 0. The second-order valence-electron chi connectivity index (χ2n) is 3.82. The normalized spacial score (nSPS) is 15.7. The summed E-state index contributed by atoms with van der Waals surface area (Å²) in [6.07, 6.45) is 4.15. The van der Waals surface area contributed by atoms with E-state index in [1.54, 1.807) is 0 Å². The number of hydrogen-bond acceptors (Lipinski definition) is 2. The van der Waals surface area contributed by atoms with Gasteiger partial charge in [-0.3, -0.25) is 4.99 Å². The van der Waals surface area contributed by atoms with E-state index in [9.17, 15) is 0 Å². The first kappa shape index (κ1) is 9.55. The van der Waals surface area contributed by atoms with Crippen molar-refractivity contribution < 1.29 is 0 Å². The van der Waals surface area contributed by atoms with Gasteiger partial charge in [0.15, 0.2) is 0 Å². The molecule has 0 saturated carbocycles. The summed E-state index contributed by atoms with van der Waals surface area (Å²) in [4.78, 5) is 7.03. The Labute approximate surface area is 98.8 Å². The quantitative estimate of drug-likeness (QED) is 0.685. The Morgan fingerprint density at radius 2 is 2.00 bits per heavy atom. The van der Waals surface area contributed by atoms with Gasteiger partial charge in [-0.1, -0.05) is 18.2 Å². The first-order chi connectivity index (χ1) is 7.83. The van der Waals surface area contributed by atoms with Gasteiger partial charge in [-0.05, 0) is 31.2 Å². The highest BCUT2D eigenvalue weighted by atomic mass is 32.1. The van der Waals surface area contributed by atoms with E-state index in [1.165, 1.54) is 20.9 Å². The van der Waals surface area contributed by atoms with Crippen LogP contribution in [0.15, 0.2) is 41.4 Å². The zero-order valence-corrected chi connectivity index (χ0v) is 9.79. The monoisotopic (exact) mass is 225 g/mol. The number of benzene rings is 1. The maximum Gasteiger partial charge on any atom is 0.0708 e. The minimum absolute atomic E-state index is 1.07. The molecule has 3 rings (SSSR count). The third kappa shape index (κ3) is 1.61. The molecule has 0 bridgehead atoms. The predicted octanol–water partition coefficient (Wildman–Crippen LogP) is 4.31. The summed E-state index contributed by atoms with van der Waals surface area (Å²) in [5.74, 6) is 0. The molecule has 1 nitrogen and oxygen atoms in total. The second-order valence-corrected chi connectivity index (χ2v) is 5.14. The van der Waals surface area contributed by atoms with Crippen molar-refractivity contribution >= 4 is 34.9 Å². The second kappa shape index (κ2) is 3.72. The van der Waals surface area contributed by atoms with Gasteiger partial charge in [0.2, 0.25) is 0 Å². The molecule has 16 heavy (non-hydrogen) atoms. The van der Waals surface area contributed by atoms with Gasteiger partial charge in [-0.15, -0.1) is 11.3 Å². The van der Waals surface area contributed by atoms with Gasteiger partial charge in [0.05, 0.1) is 5.69 Å². The van der Waals surface area contributed by atoms with E-state index in [2.05, 4.69) is 42.3 Å². The summed E-state index contributed by atoms with van der Waals surface area (Å²) in [5.41, 5.74) is 3.51. The number of nitrogens with zero attached hydrogens (tertiary/aromatic N) is 1. The van der Waals surface area contributed by atoms with Crippen LogP contribution in [0.5, 0.6) is 0 Å². The number of rotatable bonds is 1. The number of allylic oxidation sites excluding steroid dienone is 1. The Kier molecular flexibility index (Phi) is 2.22. The van der Waals surface area contributed by atoms with Crippen LogP contribution in [0.3, 0.4) is 0 Å². The Hall–Kier alpha value is -1.67. The molecule has 1 aliphatic rings. The molecular formula is C14H11NS. The van der Waals surface area contributed by atoms with E-state index in [1.807, 2.05) is 29.7 Å². The molecule has 2 heterocycles. The van der Waals surface area contributed by atoms with Gasteiger partial charge >= 0.3 is 0 Å². The van der Waals surface area contributed by atoms with Crippen molar-refractivity contribution in [3.63, 3.8) is 0 Å². The van der Waals surface area contributed by atoms with Gasteiger partial charge in [-0.2, -0.15) is 0 Å². The molecule has 0 atom stereocenters. The van der Waals surface area contributed by atoms with Crippen LogP contribution < -0.4 is 0 Å². The molecule has 0 aliphatic carbocycles. The van der Waals surface area contributed by atoms with Crippen molar-refractivity contribution in [1.29, 1.82) is 0 Å². The highest BCUT2D eigenvalue weighted by Gasteiger charge is 2.10. The number of aliphatic imine (C=N–C) groups is 1. The standard InChI is InChI=1S/C14H11NS/c1-10-6-7-12(16-10)8-11-9-15-14-5-3-2-4-13(11)14/h2-9H,1H3. The number of aryl methyl sites for hydroxylation is 1. The largest absolute Gasteiger partial charge is 0.256 e. The van der Waals surface area contributed by atoms with E-state index >= 15 is 0 Å². The van der Waals surface area contributed by atoms with Gasteiger partial charge in [-0.25, -0.2) is 0 Å². The van der Waals surface area contributed by atoms with E-state index in [0.717, 1.165) is 5.69 Å². The van der Waals surface area contributed by atoms with Crippen molar-refractivity contribution in [3.05, 3.63) is 51.7 Å². The van der Waals surface area contributed by atoms with Gasteiger partial charge in [0.1, 0.15) is 0 Å². The van der Waals surface area contributed by atoms with Crippen LogP contribution in [-0.2, 0) is 0 Å². The highest BCUT2D eigenvalue weighted by molar-refractivity contribution is 7.12.